The number of rotatable bonds is 6. The van der Waals surface area contributed by atoms with Crippen LogP contribution >= 0.6 is 11.6 Å². The predicted molar refractivity (Wildman–Crippen MR) is 73.9 cm³/mol. The second-order valence-corrected chi connectivity index (χ2v) is 5.14. The van der Waals surface area contributed by atoms with Crippen molar-refractivity contribution in [3.05, 3.63) is 28.8 Å². The Morgan fingerprint density at radius 1 is 1.29 bits per heavy atom. The average molecular weight is 256 g/mol. The smallest absolute Gasteiger partial charge is 0.125 e. The first-order valence-corrected chi connectivity index (χ1v) is 6.47. The first-order valence-electron chi connectivity index (χ1n) is 6.09. The van der Waals surface area contributed by atoms with Crippen molar-refractivity contribution >= 4 is 11.6 Å². The third-order valence-electron chi connectivity index (χ3n) is 2.95. The molecule has 17 heavy (non-hydrogen) atoms. The molecule has 0 saturated carbocycles. The molecule has 1 aromatic rings. The van der Waals surface area contributed by atoms with Crippen molar-refractivity contribution in [3.63, 3.8) is 0 Å². The topological polar surface area (TPSA) is 21.3 Å². The van der Waals surface area contributed by atoms with E-state index in [0.717, 1.165) is 12.2 Å². The average Bonchev–Trinajstić information content (AvgIpc) is 2.30. The van der Waals surface area contributed by atoms with Gasteiger partial charge >= 0.3 is 0 Å². The number of hydrogen-bond donors (Lipinski definition) is 1. The quantitative estimate of drug-likeness (QED) is 0.828. The molecule has 1 rings (SSSR count). The van der Waals surface area contributed by atoms with E-state index in [9.17, 15) is 0 Å². The fourth-order valence-electron chi connectivity index (χ4n) is 1.93. The van der Waals surface area contributed by atoms with Gasteiger partial charge in [0.15, 0.2) is 0 Å². The van der Waals surface area contributed by atoms with Crippen molar-refractivity contribution in [3.8, 4) is 5.75 Å². The summed E-state index contributed by atoms with van der Waals surface area (Å²) in [7, 11) is 3.67. The maximum atomic E-state index is 5.97. The largest absolute Gasteiger partial charge is 0.496 e. The van der Waals surface area contributed by atoms with Gasteiger partial charge in [-0.2, -0.15) is 0 Å². The SMILES string of the molecule is CNC(CCC(C)C)c1ccc(Cl)cc1OC. The summed E-state index contributed by atoms with van der Waals surface area (Å²) in [5.74, 6) is 1.57. The molecule has 96 valence electrons. The fraction of sp³-hybridized carbons (Fsp3) is 0.571. The van der Waals surface area contributed by atoms with Crippen LogP contribution < -0.4 is 10.1 Å². The summed E-state index contributed by atoms with van der Waals surface area (Å²) in [5.41, 5.74) is 1.18. The molecule has 0 aliphatic rings. The first-order chi connectivity index (χ1) is 8.08. The van der Waals surface area contributed by atoms with Crippen LogP contribution in [0.25, 0.3) is 0 Å². The lowest BCUT2D eigenvalue weighted by Crippen LogP contribution is -2.17. The molecule has 0 spiro atoms. The van der Waals surface area contributed by atoms with Crippen molar-refractivity contribution in [2.75, 3.05) is 14.2 Å². The van der Waals surface area contributed by atoms with Crippen LogP contribution in [0.2, 0.25) is 5.02 Å². The zero-order chi connectivity index (χ0) is 12.8. The molecule has 0 amide bonds. The van der Waals surface area contributed by atoms with E-state index in [0.29, 0.717) is 17.0 Å². The maximum absolute atomic E-state index is 5.97. The molecule has 0 radical (unpaired) electrons. The standard InChI is InChI=1S/C14H22ClNO/c1-10(2)5-8-13(16-3)12-7-6-11(15)9-14(12)17-4/h6-7,9-10,13,16H,5,8H2,1-4H3. The van der Waals surface area contributed by atoms with Crippen LogP contribution in [-0.4, -0.2) is 14.2 Å². The fourth-order valence-corrected chi connectivity index (χ4v) is 2.09. The highest BCUT2D eigenvalue weighted by molar-refractivity contribution is 6.30. The third-order valence-corrected chi connectivity index (χ3v) is 3.19. The Balaban J connectivity index is 2.87. The highest BCUT2D eigenvalue weighted by atomic mass is 35.5. The lowest BCUT2D eigenvalue weighted by molar-refractivity contribution is 0.392. The van der Waals surface area contributed by atoms with Crippen LogP contribution in [0.4, 0.5) is 0 Å². The highest BCUT2D eigenvalue weighted by Crippen LogP contribution is 2.31. The van der Waals surface area contributed by atoms with Crippen LogP contribution in [-0.2, 0) is 0 Å². The summed E-state index contributed by atoms with van der Waals surface area (Å²) < 4.78 is 5.39. The van der Waals surface area contributed by atoms with Gasteiger partial charge in [-0.25, -0.2) is 0 Å². The van der Waals surface area contributed by atoms with Crippen LogP contribution in [0.5, 0.6) is 5.75 Å². The third kappa shape index (κ3) is 4.21. The summed E-state index contributed by atoms with van der Waals surface area (Å²) in [6, 6.07) is 6.16. The van der Waals surface area contributed by atoms with E-state index >= 15 is 0 Å². The number of nitrogens with one attached hydrogen (secondary N) is 1. The number of methoxy groups -OCH3 is 1. The summed E-state index contributed by atoms with van der Waals surface area (Å²) in [5, 5.41) is 4.06. The predicted octanol–water partition coefficient (Wildman–Crippen LogP) is 4.05. The van der Waals surface area contributed by atoms with Crippen molar-refractivity contribution in [1.29, 1.82) is 0 Å². The molecule has 1 aromatic carbocycles. The second-order valence-electron chi connectivity index (χ2n) is 4.70. The van der Waals surface area contributed by atoms with Gasteiger partial charge in [-0.05, 0) is 37.9 Å². The molecule has 0 aliphatic heterocycles. The van der Waals surface area contributed by atoms with Gasteiger partial charge in [-0.3, -0.25) is 0 Å². The molecule has 3 heteroatoms. The van der Waals surface area contributed by atoms with Crippen LogP contribution in [0.15, 0.2) is 18.2 Å². The zero-order valence-electron chi connectivity index (χ0n) is 11.1. The minimum atomic E-state index is 0.324. The van der Waals surface area contributed by atoms with Gasteiger partial charge in [0.25, 0.3) is 0 Å². The van der Waals surface area contributed by atoms with E-state index in [-0.39, 0.29) is 0 Å². The monoisotopic (exact) mass is 255 g/mol. The molecule has 0 heterocycles. The second kappa shape index (κ2) is 6.87. The number of halogens is 1. The molecule has 1 atom stereocenters. The van der Waals surface area contributed by atoms with E-state index in [1.54, 1.807) is 7.11 Å². The Kier molecular flexibility index (Phi) is 5.79. The van der Waals surface area contributed by atoms with Gasteiger partial charge in [0, 0.05) is 16.6 Å². The van der Waals surface area contributed by atoms with Gasteiger partial charge in [-0.15, -0.1) is 0 Å². The molecular formula is C14H22ClNO. The van der Waals surface area contributed by atoms with Gasteiger partial charge in [0.2, 0.25) is 0 Å². The Hall–Kier alpha value is -0.730. The minimum Gasteiger partial charge on any atom is -0.496 e. The summed E-state index contributed by atoms with van der Waals surface area (Å²) in [6.07, 6.45) is 2.30. The Morgan fingerprint density at radius 3 is 2.53 bits per heavy atom. The van der Waals surface area contributed by atoms with Gasteiger partial charge in [0.1, 0.15) is 5.75 Å². The van der Waals surface area contributed by atoms with Crippen molar-refractivity contribution in [1.82, 2.24) is 5.32 Å². The van der Waals surface area contributed by atoms with Crippen molar-refractivity contribution in [2.24, 2.45) is 5.92 Å². The number of hydrogen-bond acceptors (Lipinski definition) is 2. The lowest BCUT2D eigenvalue weighted by atomic mass is 9.97. The summed E-state index contributed by atoms with van der Waals surface area (Å²) in [6.45, 7) is 4.48. The van der Waals surface area contributed by atoms with Gasteiger partial charge in [0.05, 0.1) is 7.11 Å². The normalized spacial score (nSPS) is 12.8. The van der Waals surface area contributed by atoms with Crippen LogP contribution in [0.3, 0.4) is 0 Å². The molecule has 2 nitrogen and oxygen atoms in total. The Morgan fingerprint density at radius 2 is 2.00 bits per heavy atom. The van der Waals surface area contributed by atoms with E-state index in [1.807, 2.05) is 25.2 Å². The van der Waals surface area contributed by atoms with Crippen molar-refractivity contribution in [2.45, 2.75) is 32.7 Å². The maximum Gasteiger partial charge on any atom is 0.125 e. The molecule has 1 unspecified atom stereocenters. The molecule has 0 saturated heterocycles. The molecule has 0 aromatic heterocycles. The summed E-state index contributed by atoms with van der Waals surface area (Å²) >= 11 is 5.97. The van der Waals surface area contributed by atoms with Crippen LogP contribution in [0.1, 0.15) is 38.3 Å². The minimum absolute atomic E-state index is 0.324. The zero-order valence-corrected chi connectivity index (χ0v) is 11.8. The number of benzene rings is 1. The van der Waals surface area contributed by atoms with E-state index in [1.165, 1.54) is 12.0 Å². The van der Waals surface area contributed by atoms with Gasteiger partial charge in [-0.1, -0.05) is 31.5 Å². The van der Waals surface area contributed by atoms with E-state index in [4.69, 9.17) is 16.3 Å². The van der Waals surface area contributed by atoms with Crippen LogP contribution in [0, 0.1) is 5.92 Å². The lowest BCUT2D eigenvalue weighted by Gasteiger charge is -2.20. The molecule has 0 aliphatic carbocycles. The van der Waals surface area contributed by atoms with E-state index < -0.39 is 0 Å². The van der Waals surface area contributed by atoms with Crippen molar-refractivity contribution < 1.29 is 4.74 Å². The molecule has 0 fully saturated rings. The molecule has 0 bridgehead atoms. The Labute approximate surface area is 109 Å². The molecule has 1 N–H and O–H groups in total. The number of ether oxygens (including phenoxy) is 1. The first kappa shape index (κ1) is 14.3. The summed E-state index contributed by atoms with van der Waals surface area (Å²) in [4.78, 5) is 0. The highest BCUT2D eigenvalue weighted by Gasteiger charge is 2.15. The van der Waals surface area contributed by atoms with E-state index in [2.05, 4.69) is 19.2 Å². The Bertz CT molecular complexity index is 352. The molecular weight excluding hydrogens is 234 g/mol. The van der Waals surface area contributed by atoms with Gasteiger partial charge < -0.3 is 10.1 Å².